The van der Waals surface area contributed by atoms with E-state index in [4.69, 9.17) is 4.74 Å². The van der Waals surface area contributed by atoms with Crippen molar-refractivity contribution in [3.05, 3.63) is 72.6 Å². The van der Waals surface area contributed by atoms with Crippen LogP contribution in [-0.4, -0.2) is 40.7 Å². The normalized spacial score (nSPS) is 17.7. The van der Waals surface area contributed by atoms with E-state index in [2.05, 4.69) is 16.6 Å². The second-order valence-corrected chi connectivity index (χ2v) is 10.6. The maximum atomic E-state index is 12.8. The predicted molar refractivity (Wildman–Crippen MR) is 129 cm³/mol. The van der Waals surface area contributed by atoms with Gasteiger partial charge in [-0.1, -0.05) is 32.1 Å². The van der Waals surface area contributed by atoms with Gasteiger partial charge in [-0.3, -0.25) is 14.8 Å². The molecule has 3 rings (SSSR count). The number of piperidine rings is 1. The summed E-state index contributed by atoms with van der Waals surface area (Å²) in [6, 6.07) is 5.74. The fourth-order valence-corrected chi connectivity index (χ4v) is 4.20. The molecule has 0 spiro atoms. The van der Waals surface area contributed by atoms with Gasteiger partial charge < -0.3 is 9.64 Å². The van der Waals surface area contributed by atoms with Gasteiger partial charge in [0, 0.05) is 43.4 Å². The molecule has 1 saturated heterocycles. The molecule has 35 heavy (non-hydrogen) atoms. The zero-order valence-electron chi connectivity index (χ0n) is 19.3. The molecule has 0 aliphatic carbocycles. The van der Waals surface area contributed by atoms with E-state index in [1.807, 2.05) is 26.0 Å². The van der Waals surface area contributed by atoms with Crippen LogP contribution in [0.3, 0.4) is 0 Å². The third-order valence-electron chi connectivity index (χ3n) is 5.34. The van der Waals surface area contributed by atoms with Crippen molar-refractivity contribution in [3.63, 3.8) is 0 Å². The number of benzene rings is 1. The zero-order chi connectivity index (χ0) is 25.9. The zero-order valence-corrected chi connectivity index (χ0v) is 20.1. The SMILES string of the molecule is C=C(N=C(C)/C=C\C)c1ccc(C(=O)N2CCC(Oc3ccc(S(F)(F)(F)(F)F)cc3)CC2)nc1. The van der Waals surface area contributed by atoms with Crippen molar-refractivity contribution in [2.45, 2.75) is 37.7 Å². The summed E-state index contributed by atoms with van der Waals surface area (Å²) in [5, 5.41) is 0. The maximum Gasteiger partial charge on any atom is 0.310 e. The minimum atomic E-state index is -9.71. The molecule has 1 amide bonds. The van der Waals surface area contributed by atoms with Gasteiger partial charge in [0.05, 0.1) is 5.70 Å². The molecule has 1 aromatic carbocycles. The predicted octanol–water partition coefficient (Wildman–Crippen LogP) is 7.43. The Morgan fingerprint density at radius 1 is 1.11 bits per heavy atom. The highest BCUT2D eigenvalue weighted by Gasteiger charge is 2.65. The first-order valence-corrected chi connectivity index (χ1v) is 12.7. The number of amides is 1. The molecule has 5 nitrogen and oxygen atoms in total. The number of rotatable bonds is 7. The molecule has 11 heteroatoms. The summed E-state index contributed by atoms with van der Waals surface area (Å²) in [7, 11) is -9.71. The second kappa shape index (κ2) is 9.10. The Kier molecular flexibility index (Phi) is 6.86. The number of allylic oxidation sites excluding steroid dienone is 2. The van der Waals surface area contributed by atoms with Gasteiger partial charge in [0.15, 0.2) is 0 Å². The number of hydrogen-bond acceptors (Lipinski definition) is 4. The summed E-state index contributed by atoms with van der Waals surface area (Å²) in [5.74, 6) is -0.195. The van der Waals surface area contributed by atoms with Gasteiger partial charge in [0.2, 0.25) is 0 Å². The Balaban J connectivity index is 1.56. The van der Waals surface area contributed by atoms with Crippen LogP contribution in [0.5, 0.6) is 5.75 Å². The van der Waals surface area contributed by atoms with E-state index in [0.717, 1.165) is 17.8 Å². The molecule has 0 saturated carbocycles. The van der Waals surface area contributed by atoms with E-state index < -0.39 is 15.1 Å². The first-order valence-electron chi connectivity index (χ1n) is 10.8. The number of carbonyl (C=O) groups is 1. The lowest BCUT2D eigenvalue weighted by atomic mass is 10.1. The monoisotopic (exact) mass is 515 g/mol. The van der Waals surface area contributed by atoms with Crippen molar-refractivity contribution >= 4 is 27.5 Å². The van der Waals surface area contributed by atoms with Crippen molar-refractivity contribution in [2.24, 2.45) is 4.99 Å². The fourth-order valence-electron chi connectivity index (χ4n) is 3.55. The molecule has 0 unspecified atom stereocenters. The van der Waals surface area contributed by atoms with Gasteiger partial charge in [-0.2, -0.15) is 0 Å². The van der Waals surface area contributed by atoms with Crippen LogP contribution in [0, 0.1) is 0 Å². The minimum absolute atomic E-state index is 0.0604. The summed E-state index contributed by atoms with van der Waals surface area (Å²) in [5.41, 5.74) is 2.27. The van der Waals surface area contributed by atoms with Crippen molar-refractivity contribution in [1.29, 1.82) is 0 Å². The van der Waals surface area contributed by atoms with Crippen molar-refractivity contribution in [2.75, 3.05) is 13.1 Å². The van der Waals surface area contributed by atoms with E-state index in [0.29, 0.717) is 49.3 Å². The number of pyridine rings is 1. The molecular formula is C24H26F5N3O2S. The summed E-state index contributed by atoms with van der Waals surface area (Å²) in [6.45, 7) is 8.37. The molecular weight excluding hydrogens is 489 g/mol. The molecule has 1 aliphatic heterocycles. The smallest absolute Gasteiger partial charge is 0.310 e. The third kappa shape index (κ3) is 7.14. The van der Waals surface area contributed by atoms with Crippen LogP contribution in [-0.2, 0) is 0 Å². The topological polar surface area (TPSA) is 54.8 Å². The molecule has 0 N–H and O–H groups in total. The Bertz CT molecular complexity index is 1150. The first-order chi connectivity index (χ1) is 16.2. The molecule has 1 fully saturated rings. The molecule has 190 valence electrons. The van der Waals surface area contributed by atoms with Crippen LogP contribution in [0.15, 0.2) is 71.2 Å². The first kappa shape index (κ1) is 26.4. The number of aromatic nitrogens is 1. The summed E-state index contributed by atoms with van der Waals surface area (Å²) < 4.78 is 69.8. The molecule has 0 bridgehead atoms. The van der Waals surface area contributed by atoms with Crippen molar-refractivity contribution in [1.82, 2.24) is 9.88 Å². The summed E-state index contributed by atoms with van der Waals surface area (Å²) in [6.07, 6.45) is 5.76. The van der Waals surface area contributed by atoms with E-state index in [1.165, 1.54) is 6.20 Å². The highest BCUT2D eigenvalue weighted by atomic mass is 32.5. The fraction of sp³-hybridized carbons (Fsp3) is 0.292. The van der Waals surface area contributed by atoms with Gasteiger partial charge >= 0.3 is 10.2 Å². The third-order valence-corrected chi connectivity index (χ3v) is 6.50. The van der Waals surface area contributed by atoms with Crippen molar-refractivity contribution in [3.8, 4) is 5.75 Å². The quantitative estimate of drug-likeness (QED) is 0.285. The highest BCUT2D eigenvalue weighted by Crippen LogP contribution is 3.02. The Morgan fingerprint density at radius 2 is 1.74 bits per heavy atom. The highest BCUT2D eigenvalue weighted by molar-refractivity contribution is 8.45. The Hall–Kier alpha value is -3.21. The van der Waals surface area contributed by atoms with E-state index >= 15 is 0 Å². The largest absolute Gasteiger partial charge is 0.490 e. The number of likely N-dealkylation sites (tertiary alicyclic amines) is 1. The maximum absolute atomic E-state index is 12.8. The van der Waals surface area contributed by atoms with Crippen LogP contribution < -0.4 is 4.74 Å². The van der Waals surface area contributed by atoms with E-state index in [-0.39, 0.29) is 23.5 Å². The summed E-state index contributed by atoms with van der Waals surface area (Å²) >= 11 is 0. The number of nitrogens with zero attached hydrogens (tertiary/aromatic N) is 3. The number of hydrogen-bond donors (Lipinski definition) is 0. The van der Waals surface area contributed by atoms with Gasteiger partial charge in [0.25, 0.3) is 5.91 Å². The van der Waals surface area contributed by atoms with Gasteiger partial charge in [-0.25, -0.2) is 0 Å². The lowest BCUT2D eigenvalue weighted by molar-refractivity contribution is 0.0590. The van der Waals surface area contributed by atoms with Crippen molar-refractivity contribution < 1.29 is 29.0 Å². The van der Waals surface area contributed by atoms with Crippen LogP contribution in [0.4, 0.5) is 19.4 Å². The average molecular weight is 516 g/mol. The van der Waals surface area contributed by atoms with Crippen LogP contribution in [0.1, 0.15) is 42.7 Å². The van der Waals surface area contributed by atoms with Gasteiger partial charge in [-0.15, -0.1) is 0 Å². The number of halogens is 5. The van der Waals surface area contributed by atoms with E-state index in [1.54, 1.807) is 17.0 Å². The molecule has 1 aromatic heterocycles. The Labute approximate surface area is 200 Å². The molecule has 0 radical (unpaired) electrons. The molecule has 1 aliphatic rings. The Morgan fingerprint density at radius 3 is 2.26 bits per heavy atom. The number of ether oxygens (including phenoxy) is 1. The molecule has 2 aromatic rings. The number of carbonyl (C=O) groups excluding carboxylic acids is 1. The van der Waals surface area contributed by atoms with E-state index in [9.17, 15) is 24.2 Å². The van der Waals surface area contributed by atoms with Crippen LogP contribution in [0.2, 0.25) is 0 Å². The standard InChI is InChI=1S/C24H26F5N3O2S/c1-4-5-17(2)31-18(3)19-6-11-23(30-16-19)24(33)32-14-12-21(13-15-32)34-20-7-9-22(10-8-20)35(25,26,27,28)29/h4-11,16,21H,3,12-15H2,1-2H3/b5-4-,31-17?. The lowest BCUT2D eigenvalue weighted by Crippen LogP contribution is -2.42. The van der Waals surface area contributed by atoms with Gasteiger partial charge in [-0.05, 0) is 56.3 Å². The van der Waals surface area contributed by atoms with Crippen LogP contribution in [0.25, 0.3) is 5.70 Å². The average Bonchev–Trinajstić information content (AvgIpc) is 2.78. The summed E-state index contributed by atoms with van der Waals surface area (Å²) in [4.78, 5) is 21.0. The molecule has 2 heterocycles. The van der Waals surface area contributed by atoms with Crippen LogP contribution >= 0.6 is 10.2 Å². The van der Waals surface area contributed by atoms with Gasteiger partial charge in [0.1, 0.15) is 22.4 Å². The lowest BCUT2D eigenvalue weighted by Gasteiger charge is -2.40. The molecule has 0 atom stereocenters. The number of aliphatic imine (C=N–C) groups is 1. The second-order valence-electron chi connectivity index (χ2n) is 8.18. The minimum Gasteiger partial charge on any atom is -0.490 e.